The summed E-state index contributed by atoms with van der Waals surface area (Å²) >= 11 is 0. The van der Waals surface area contributed by atoms with Crippen LogP contribution in [0.4, 0.5) is 0 Å². The molecule has 1 heterocycles. The largest absolute Gasteiger partial charge is 0.459 e. The van der Waals surface area contributed by atoms with Crippen molar-refractivity contribution in [3.63, 3.8) is 0 Å². The molecule has 142 valence electrons. The number of esters is 1. The number of fused-ring (bicyclic) bond motifs is 1. The van der Waals surface area contributed by atoms with Gasteiger partial charge in [0.05, 0.1) is 11.0 Å². The van der Waals surface area contributed by atoms with Crippen LogP contribution in [0.3, 0.4) is 0 Å². The van der Waals surface area contributed by atoms with Crippen LogP contribution in [0.15, 0.2) is 29.3 Å². The highest BCUT2D eigenvalue weighted by Gasteiger charge is 2.16. The van der Waals surface area contributed by atoms with E-state index >= 15 is 0 Å². The van der Waals surface area contributed by atoms with Gasteiger partial charge in [-0.3, -0.25) is 9.79 Å². The molecule has 0 atom stereocenters. The second-order valence-electron chi connectivity index (χ2n) is 7.09. The fourth-order valence-electron chi connectivity index (χ4n) is 2.68. The molecule has 2 rings (SSSR count). The van der Waals surface area contributed by atoms with Gasteiger partial charge in [-0.05, 0) is 46.2 Å². The van der Waals surface area contributed by atoms with Crippen LogP contribution in [0.2, 0.25) is 0 Å². The standard InChI is InChI=1S/C19H29N5O2/c1-14-23-15-9-6-7-10-16(15)24(14)12-8-11-21-18(20-5)22-13-17(25)26-19(2,3)4/h6-7,9-10H,8,11-13H2,1-5H3,(H2,20,21,22). The Hall–Kier alpha value is -2.57. The van der Waals surface area contributed by atoms with Gasteiger partial charge in [-0.1, -0.05) is 12.1 Å². The Morgan fingerprint density at radius 2 is 2.00 bits per heavy atom. The Bertz CT molecular complexity index is 774. The Kier molecular flexibility index (Phi) is 6.60. The maximum absolute atomic E-state index is 11.7. The lowest BCUT2D eigenvalue weighted by molar-refractivity contribution is -0.153. The number of hydrogen-bond donors (Lipinski definition) is 2. The Morgan fingerprint density at radius 3 is 2.69 bits per heavy atom. The van der Waals surface area contributed by atoms with Gasteiger partial charge in [-0.15, -0.1) is 0 Å². The number of guanidine groups is 1. The lowest BCUT2D eigenvalue weighted by Gasteiger charge is -2.20. The van der Waals surface area contributed by atoms with E-state index in [1.807, 2.05) is 45.9 Å². The van der Waals surface area contributed by atoms with E-state index in [1.165, 1.54) is 0 Å². The van der Waals surface area contributed by atoms with Crippen molar-refractivity contribution < 1.29 is 9.53 Å². The van der Waals surface area contributed by atoms with E-state index in [4.69, 9.17) is 4.74 Å². The van der Waals surface area contributed by atoms with Gasteiger partial charge < -0.3 is 19.9 Å². The zero-order valence-electron chi connectivity index (χ0n) is 16.3. The van der Waals surface area contributed by atoms with Crippen molar-refractivity contribution in [1.82, 2.24) is 20.2 Å². The first kappa shape index (κ1) is 19.8. The summed E-state index contributed by atoms with van der Waals surface area (Å²) in [5, 5.41) is 6.19. The van der Waals surface area contributed by atoms with E-state index in [0.717, 1.165) is 36.4 Å². The van der Waals surface area contributed by atoms with Crippen molar-refractivity contribution in [2.75, 3.05) is 20.1 Å². The zero-order chi connectivity index (χ0) is 19.2. The highest BCUT2D eigenvalue weighted by molar-refractivity contribution is 5.84. The first-order valence-corrected chi connectivity index (χ1v) is 8.88. The van der Waals surface area contributed by atoms with Crippen LogP contribution in [0.5, 0.6) is 0 Å². The number of hydrogen-bond acceptors (Lipinski definition) is 4. The van der Waals surface area contributed by atoms with Crippen molar-refractivity contribution in [1.29, 1.82) is 0 Å². The molecule has 26 heavy (non-hydrogen) atoms. The molecular weight excluding hydrogens is 330 g/mol. The molecule has 0 fully saturated rings. The quantitative estimate of drug-likeness (QED) is 0.358. The van der Waals surface area contributed by atoms with E-state index < -0.39 is 5.60 Å². The molecule has 0 aliphatic heterocycles. The third kappa shape index (κ3) is 5.75. The van der Waals surface area contributed by atoms with Crippen molar-refractivity contribution >= 4 is 23.0 Å². The van der Waals surface area contributed by atoms with Gasteiger partial charge in [0.1, 0.15) is 18.0 Å². The molecule has 0 aliphatic rings. The fourth-order valence-corrected chi connectivity index (χ4v) is 2.68. The molecule has 2 aromatic rings. The smallest absolute Gasteiger partial charge is 0.325 e. The number of nitrogens with one attached hydrogen (secondary N) is 2. The number of nitrogens with zero attached hydrogens (tertiary/aromatic N) is 3. The molecule has 0 bridgehead atoms. The first-order chi connectivity index (χ1) is 12.3. The van der Waals surface area contributed by atoms with Crippen LogP contribution in [0.25, 0.3) is 11.0 Å². The summed E-state index contributed by atoms with van der Waals surface area (Å²) in [6.07, 6.45) is 0.911. The molecule has 7 heteroatoms. The summed E-state index contributed by atoms with van der Waals surface area (Å²) < 4.78 is 7.48. The molecule has 1 aromatic carbocycles. The van der Waals surface area contributed by atoms with Crippen molar-refractivity contribution in [2.45, 2.75) is 46.3 Å². The van der Waals surface area contributed by atoms with Crippen LogP contribution >= 0.6 is 0 Å². The Morgan fingerprint density at radius 1 is 1.27 bits per heavy atom. The number of imidazole rings is 1. The predicted molar refractivity (Wildman–Crippen MR) is 104 cm³/mol. The molecule has 0 radical (unpaired) electrons. The minimum atomic E-state index is -0.485. The molecule has 7 nitrogen and oxygen atoms in total. The molecular formula is C19H29N5O2. The number of aromatic nitrogens is 2. The number of aryl methyl sites for hydroxylation is 2. The van der Waals surface area contributed by atoms with Crippen LogP contribution in [-0.4, -0.2) is 47.2 Å². The average molecular weight is 359 g/mol. The van der Waals surface area contributed by atoms with E-state index in [1.54, 1.807) is 7.05 Å². The Balaban J connectivity index is 1.77. The van der Waals surface area contributed by atoms with Crippen molar-refractivity contribution in [3.05, 3.63) is 30.1 Å². The van der Waals surface area contributed by atoms with Crippen molar-refractivity contribution in [2.24, 2.45) is 4.99 Å². The summed E-state index contributed by atoms with van der Waals surface area (Å²) in [5.41, 5.74) is 1.69. The molecule has 0 saturated carbocycles. The maximum atomic E-state index is 11.7. The highest BCUT2D eigenvalue weighted by atomic mass is 16.6. The lowest BCUT2D eigenvalue weighted by atomic mass is 10.2. The van der Waals surface area contributed by atoms with Gasteiger partial charge in [0.15, 0.2) is 5.96 Å². The normalized spacial score (nSPS) is 12.3. The lowest BCUT2D eigenvalue weighted by Crippen LogP contribution is -2.42. The number of aliphatic imine (C=N–C) groups is 1. The van der Waals surface area contributed by atoms with E-state index in [2.05, 4.69) is 31.2 Å². The monoisotopic (exact) mass is 359 g/mol. The Labute approximate surface area is 154 Å². The van der Waals surface area contributed by atoms with Crippen LogP contribution in [-0.2, 0) is 16.1 Å². The van der Waals surface area contributed by atoms with E-state index in [9.17, 15) is 4.79 Å². The van der Waals surface area contributed by atoms with Crippen molar-refractivity contribution in [3.8, 4) is 0 Å². The van der Waals surface area contributed by atoms with Crippen LogP contribution in [0.1, 0.15) is 33.0 Å². The highest BCUT2D eigenvalue weighted by Crippen LogP contribution is 2.15. The molecule has 0 saturated heterocycles. The summed E-state index contributed by atoms with van der Waals surface area (Å²) in [4.78, 5) is 20.5. The predicted octanol–water partition coefficient (Wildman–Crippen LogP) is 2.24. The minimum absolute atomic E-state index is 0.0855. The SMILES string of the molecule is CN=C(NCCCn1c(C)nc2ccccc21)NCC(=O)OC(C)(C)C. The maximum Gasteiger partial charge on any atom is 0.325 e. The number of ether oxygens (including phenoxy) is 1. The van der Waals surface area contributed by atoms with Crippen LogP contribution < -0.4 is 10.6 Å². The third-order valence-corrected chi connectivity index (χ3v) is 3.74. The topological polar surface area (TPSA) is 80.5 Å². The minimum Gasteiger partial charge on any atom is -0.459 e. The van der Waals surface area contributed by atoms with Gasteiger partial charge in [0.25, 0.3) is 0 Å². The van der Waals surface area contributed by atoms with E-state index in [-0.39, 0.29) is 12.5 Å². The third-order valence-electron chi connectivity index (χ3n) is 3.74. The molecule has 0 amide bonds. The van der Waals surface area contributed by atoms with E-state index in [0.29, 0.717) is 5.96 Å². The number of carbonyl (C=O) groups is 1. The summed E-state index contributed by atoms with van der Waals surface area (Å²) in [6, 6.07) is 8.14. The molecule has 0 unspecified atom stereocenters. The summed E-state index contributed by atoms with van der Waals surface area (Å²) in [5.74, 6) is 1.29. The number of benzene rings is 1. The first-order valence-electron chi connectivity index (χ1n) is 8.88. The number of rotatable bonds is 6. The average Bonchev–Trinajstić information content (AvgIpc) is 2.88. The van der Waals surface area contributed by atoms with Crippen LogP contribution in [0, 0.1) is 6.92 Å². The molecule has 2 N–H and O–H groups in total. The zero-order valence-corrected chi connectivity index (χ0v) is 16.3. The van der Waals surface area contributed by atoms with Gasteiger partial charge in [-0.25, -0.2) is 4.98 Å². The summed E-state index contributed by atoms with van der Waals surface area (Å²) in [6.45, 7) is 9.25. The van der Waals surface area contributed by atoms with Gasteiger partial charge in [0, 0.05) is 20.1 Å². The molecule has 0 aliphatic carbocycles. The van der Waals surface area contributed by atoms with Gasteiger partial charge in [-0.2, -0.15) is 0 Å². The number of carbonyl (C=O) groups excluding carboxylic acids is 1. The fraction of sp³-hybridized carbons (Fsp3) is 0.526. The van der Waals surface area contributed by atoms with Gasteiger partial charge >= 0.3 is 5.97 Å². The second-order valence-corrected chi connectivity index (χ2v) is 7.09. The van der Waals surface area contributed by atoms with Gasteiger partial charge in [0.2, 0.25) is 0 Å². The second kappa shape index (κ2) is 8.69. The number of para-hydroxylation sites is 2. The summed E-state index contributed by atoms with van der Waals surface area (Å²) in [7, 11) is 1.68. The molecule has 0 spiro atoms. The molecule has 1 aromatic heterocycles.